The Balaban J connectivity index is 1.68. The van der Waals surface area contributed by atoms with Gasteiger partial charge in [0, 0.05) is 35.6 Å². The zero-order chi connectivity index (χ0) is 20.5. The summed E-state index contributed by atoms with van der Waals surface area (Å²) in [5.41, 5.74) is -0.0783. The number of rotatable bonds is 5. The molecule has 0 bridgehead atoms. The predicted octanol–water partition coefficient (Wildman–Crippen LogP) is 2.86. The van der Waals surface area contributed by atoms with E-state index in [0.29, 0.717) is 17.7 Å². The fourth-order valence-corrected chi connectivity index (χ4v) is 5.76. The Morgan fingerprint density at radius 2 is 1.89 bits per heavy atom. The van der Waals surface area contributed by atoms with Gasteiger partial charge in [-0.15, -0.1) is 11.3 Å². The van der Waals surface area contributed by atoms with E-state index in [1.165, 1.54) is 40.8 Å². The molecular formula is C18H21N3O5S2. The van der Waals surface area contributed by atoms with Gasteiger partial charge in [0.1, 0.15) is 0 Å². The van der Waals surface area contributed by atoms with E-state index in [0.717, 1.165) is 4.88 Å². The summed E-state index contributed by atoms with van der Waals surface area (Å²) in [6.45, 7) is 3.87. The largest absolute Gasteiger partial charge is 0.349 e. The van der Waals surface area contributed by atoms with Crippen LogP contribution in [-0.4, -0.2) is 42.7 Å². The number of thiophene rings is 1. The number of hydrogen-bond acceptors (Lipinski definition) is 6. The molecule has 2 heterocycles. The van der Waals surface area contributed by atoms with E-state index in [9.17, 15) is 23.3 Å². The lowest BCUT2D eigenvalue weighted by atomic mass is 10.1. The van der Waals surface area contributed by atoms with Crippen LogP contribution in [0.15, 0.2) is 35.2 Å². The summed E-state index contributed by atoms with van der Waals surface area (Å²) >= 11 is 1.42. The highest BCUT2D eigenvalue weighted by Crippen LogP contribution is 2.28. The Morgan fingerprint density at radius 1 is 1.21 bits per heavy atom. The molecule has 0 unspecified atom stereocenters. The van der Waals surface area contributed by atoms with Crippen LogP contribution in [0, 0.1) is 24.0 Å². The van der Waals surface area contributed by atoms with Crippen LogP contribution in [0.5, 0.6) is 0 Å². The molecule has 0 radical (unpaired) electrons. The van der Waals surface area contributed by atoms with Crippen molar-refractivity contribution < 1.29 is 18.1 Å². The molecule has 150 valence electrons. The van der Waals surface area contributed by atoms with Crippen molar-refractivity contribution in [3.63, 3.8) is 0 Å². The summed E-state index contributed by atoms with van der Waals surface area (Å²) in [4.78, 5) is 24.4. The van der Waals surface area contributed by atoms with Gasteiger partial charge in [-0.3, -0.25) is 14.9 Å². The molecule has 0 saturated carbocycles. The standard InChI is InChI=1S/C18H21N3O5S2/c1-12-6-7-16(27-12)18(22)19-14-8-10-20(11-9-14)28(25,26)17-5-3-4-15(13(17)2)21(23)24/h3-7,14H,8-11H2,1-2H3,(H,19,22). The number of aryl methyl sites for hydroxylation is 1. The second kappa shape index (κ2) is 7.98. The van der Waals surface area contributed by atoms with Crippen molar-refractivity contribution in [2.24, 2.45) is 0 Å². The van der Waals surface area contributed by atoms with E-state index in [1.54, 1.807) is 6.07 Å². The van der Waals surface area contributed by atoms with Gasteiger partial charge in [-0.1, -0.05) is 6.07 Å². The molecule has 1 saturated heterocycles. The maximum absolute atomic E-state index is 13.0. The molecule has 10 heteroatoms. The first kappa shape index (κ1) is 20.4. The molecule has 1 aliphatic rings. The number of carbonyl (C=O) groups excluding carboxylic acids is 1. The zero-order valence-corrected chi connectivity index (χ0v) is 17.2. The van der Waals surface area contributed by atoms with Crippen LogP contribution in [0.3, 0.4) is 0 Å². The summed E-state index contributed by atoms with van der Waals surface area (Å²) < 4.78 is 27.2. The third-order valence-electron chi connectivity index (χ3n) is 4.82. The average Bonchev–Trinajstić information content (AvgIpc) is 3.08. The Kier molecular flexibility index (Phi) is 5.82. The minimum atomic E-state index is -3.83. The zero-order valence-electron chi connectivity index (χ0n) is 15.5. The highest BCUT2D eigenvalue weighted by atomic mass is 32.2. The molecular weight excluding hydrogens is 402 g/mol. The van der Waals surface area contributed by atoms with Crippen molar-refractivity contribution >= 4 is 33.0 Å². The van der Waals surface area contributed by atoms with Gasteiger partial charge >= 0.3 is 0 Å². The Bertz CT molecular complexity index is 1010. The van der Waals surface area contributed by atoms with Crippen molar-refractivity contribution in [2.75, 3.05) is 13.1 Å². The van der Waals surface area contributed by atoms with E-state index < -0.39 is 14.9 Å². The normalized spacial score (nSPS) is 16.1. The number of sulfonamides is 1. The number of nitro benzene ring substituents is 1. The summed E-state index contributed by atoms with van der Waals surface area (Å²) in [5, 5.41) is 14.1. The molecule has 1 N–H and O–H groups in total. The van der Waals surface area contributed by atoms with Crippen LogP contribution < -0.4 is 5.32 Å². The molecule has 2 aromatic rings. The summed E-state index contributed by atoms with van der Waals surface area (Å²) in [5.74, 6) is -0.145. The predicted molar refractivity (Wildman–Crippen MR) is 106 cm³/mol. The van der Waals surface area contributed by atoms with Crippen LogP contribution in [-0.2, 0) is 10.0 Å². The molecule has 1 aromatic heterocycles. The number of amides is 1. The fraction of sp³-hybridized carbons (Fsp3) is 0.389. The van der Waals surface area contributed by atoms with Gasteiger partial charge in [0.2, 0.25) is 10.0 Å². The van der Waals surface area contributed by atoms with Crippen LogP contribution in [0.25, 0.3) is 0 Å². The number of nitrogens with zero attached hydrogens (tertiary/aromatic N) is 2. The Labute approximate surface area is 167 Å². The average molecular weight is 424 g/mol. The van der Waals surface area contributed by atoms with Crippen molar-refractivity contribution in [1.82, 2.24) is 9.62 Å². The number of nitro groups is 1. The highest BCUT2D eigenvalue weighted by Gasteiger charge is 2.32. The second-order valence-electron chi connectivity index (χ2n) is 6.72. The Hall–Kier alpha value is -2.30. The molecule has 8 nitrogen and oxygen atoms in total. The van der Waals surface area contributed by atoms with Crippen LogP contribution in [0.1, 0.15) is 33.0 Å². The summed E-state index contributed by atoms with van der Waals surface area (Å²) in [6, 6.07) is 7.63. The van der Waals surface area contributed by atoms with E-state index in [-0.39, 0.29) is 41.2 Å². The number of piperidine rings is 1. The minimum Gasteiger partial charge on any atom is -0.349 e. The van der Waals surface area contributed by atoms with Crippen molar-refractivity contribution in [3.05, 3.63) is 55.8 Å². The molecule has 1 aliphatic heterocycles. The number of hydrogen-bond donors (Lipinski definition) is 1. The molecule has 0 atom stereocenters. The van der Waals surface area contributed by atoms with Crippen molar-refractivity contribution in [2.45, 2.75) is 37.6 Å². The summed E-state index contributed by atoms with van der Waals surface area (Å²) in [6.07, 6.45) is 0.979. The topological polar surface area (TPSA) is 110 Å². The minimum absolute atomic E-state index is 0.0433. The summed E-state index contributed by atoms with van der Waals surface area (Å²) in [7, 11) is -3.83. The molecule has 1 amide bonds. The maximum Gasteiger partial charge on any atom is 0.273 e. The lowest BCUT2D eigenvalue weighted by molar-refractivity contribution is -0.385. The number of nitrogens with one attached hydrogen (secondary N) is 1. The smallest absolute Gasteiger partial charge is 0.273 e. The molecule has 0 aliphatic carbocycles. The first-order valence-corrected chi connectivity index (χ1v) is 11.1. The Morgan fingerprint density at radius 3 is 2.46 bits per heavy atom. The third kappa shape index (κ3) is 4.08. The number of benzene rings is 1. The lowest BCUT2D eigenvalue weighted by Crippen LogP contribution is -2.46. The lowest BCUT2D eigenvalue weighted by Gasteiger charge is -2.31. The van der Waals surface area contributed by atoms with Crippen LogP contribution in [0.2, 0.25) is 0 Å². The monoisotopic (exact) mass is 423 g/mol. The third-order valence-corrected chi connectivity index (χ3v) is 7.87. The van der Waals surface area contributed by atoms with Gasteiger partial charge in [0.05, 0.1) is 14.7 Å². The second-order valence-corrected chi connectivity index (χ2v) is 9.91. The fourth-order valence-electron chi connectivity index (χ4n) is 3.27. The highest BCUT2D eigenvalue weighted by molar-refractivity contribution is 7.89. The molecule has 1 aromatic carbocycles. The van der Waals surface area contributed by atoms with Gasteiger partial charge in [0.25, 0.3) is 11.6 Å². The van der Waals surface area contributed by atoms with Gasteiger partial charge in [-0.2, -0.15) is 4.31 Å². The van der Waals surface area contributed by atoms with E-state index in [4.69, 9.17) is 0 Å². The SMILES string of the molecule is Cc1ccc(C(=O)NC2CCN(S(=O)(=O)c3cccc([N+](=O)[O-])c3C)CC2)s1. The van der Waals surface area contributed by atoms with Gasteiger partial charge in [0.15, 0.2) is 0 Å². The van der Waals surface area contributed by atoms with Gasteiger partial charge in [-0.25, -0.2) is 8.42 Å². The quantitative estimate of drug-likeness (QED) is 0.587. The molecule has 3 rings (SSSR count). The van der Waals surface area contributed by atoms with Crippen LogP contribution >= 0.6 is 11.3 Å². The van der Waals surface area contributed by atoms with E-state index in [2.05, 4.69) is 5.32 Å². The van der Waals surface area contributed by atoms with Crippen LogP contribution in [0.4, 0.5) is 5.69 Å². The molecule has 0 spiro atoms. The number of carbonyl (C=O) groups is 1. The first-order valence-electron chi connectivity index (χ1n) is 8.81. The van der Waals surface area contributed by atoms with Crippen molar-refractivity contribution in [3.8, 4) is 0 Å². The maximum atomic E-state index is 13.0. The molecule has 1 fully saturated rings. The first-order chi connectivity index (χ1) is 13.2. The van der Waals surface area contributed by atoms with Gasteiger partial charge < -0.3 is 5.32 Å². The van der Waals surface area contributed by atoms with Crippen molar-refractivity contribution in [1.29, 1.82) is 0 Å². The van der Waals surface area contributed by atoms with E-state index in [1.807, 2.05) is 13.0 Å². The van der Waals surface area contributed by atoms with Gasteiger partial charge in [-0.05, 0) is 44.9 Å². The molecule has 28 heavy (non-hydrogen) atoms. The van der Waals surface area contributed by atoms with E-state index >= 15 is 0 Å².